The van der Waals surface area contributed by atoms with Gasteiger partial charge in [-0.1, -0.05) is 6.92 Å². The molecule has 0 amide bonds. The van der Waals surface area contributed by atoms with Gasteiger partial charge in [0.15, 0.2) is 5.78 Å². The van der Waals surface area contributed by atoms with Crippen molar-refractivity contribution >= 4 is 21.7 Å². The minimum absolute atomic E-state index is 0.0243. The van der Waals surface area contributed by atoms with Gasteiger partial charge in [-0.15, -0.1) is 0 Å². The van der Waals surface area contributed by atoms with Crippen LogP contribution < -0.4 is 5.32 Å². The monoisotopic (exact) mass is 221 g/mol. The molecule has 1 N–H and O–H groups in total. The number of nitrogens with one attached hydrogen (secondary N) is 1. The Morgan fingerprint density at radius 2 is 2.18 bits per heavy atom. The zero-order valence-corrected chi connectivity index (χ0v) is 8.49. The van der Waals surface area contributed by atoms with Gasteiger partial charge in [-0.25, -0.2) is 0 Å². The molecule has 0 aromatic rings. The average Bonchev–Trinajstić information content (AvgIpc) is 2.05. The standard InChI is InChI=1S/C7H12BrNO2/c1-4-5(10)6(8)7(9-2)11-3/h9H,4H2,1-3H3/b7-6-. The van der Waals surface area contributed by atoms with E-state index < -0.39 is 0 Å². The second kappa shape index (κ2) is 5.18. The number of carbonyl (C=O) groups excluding carboxylic acids is 1. The molecule has 0 aliphatic rings. The number of allylic oxidation sites excluding steroid dienone is 1. The molecule has 0 saturated heterocycles. The number of carbonyl (C=O) groups is 1. The van der Waals surface area contributed by atoms with Crippen LogP contribution in [0.25, 0.3) is 0 Å². The lowest BCUT2D eigenvalue weighted by Gasteiger charge is -2.06. The van der Waals surface area contributed by atoms with Crippen molar-refractivity contribution in [2.24, 2.45) is 0 Å². The van der Waals surface area contributed by atoms with Gasteiger partial charge >= 0.3 is 0 Å². The lowest BCUT2D eigenvalue weighted by molar-refractivity contribution is -0.114. The average molecular weight is 222 g/mol. The number of methoxy groups -OCH3 is 1. The van der Waals surface area contributed by atoms with Gasteiger partial charge in [0, 0.05) is 13.5 Å². The van der Waals surface area contributed by atoms with E-state index in [1.54, 1.807) is 14.0 Å². The van der Waals surface area contributed by atoms with E-state index in [0.717, 1.165) is 0 Å². The number of halogens is 1. The van der Waals surface area contributed by atoms with Crippen molar-refractivity contribution < 1.29 is 9.53 Å². The molecule has 0 saturated carbocycles. The second-order valence-corrected chi connectivity index (χ2v) is 2.67. The van der Waals surface area contributed by atoms with Crippen LogP contribution in [0.3, 0.4) is 0 Å². The van der Waals surface area contributed by atoms with E-state index in [1.165, 1.54) is 7.11 Å². The maximum Gasteiger partial charge on any atom is 0.204 e. The highest BCUT2D eigenvalue weighted by Gasteiger charge is 2.09. The first-order chi connectivity index (χ1) is 5.17. The number of ketones is 1. The largest absolute Gasteiger partial charge is 0.482 e. The van der Waals surface area contributed by atoms with Gasteiger partial charge in [0.1, 0.15) is 4.48 Å². The van der Waals surface area contributed by atoms with Crippen LogP contribution in [0.5, 0.6) is 0 Å². The van der Waals surface area contributed by atoms with E-state index in [9.17, 15) is 4.79 Å². The van der Waals surface area contributed by atoms with Crippen LogP contribution in [0.4, 0.5) is 0 Å². The Labute approximate surface area is 74.9 Å². The molecule has 0 atom stereocenters. The van der Waals surface area contributed by atoms with Crippen LogP contribution in [-0.2, 0) is 9.53 Å². The summed E-state index contributed by atoms with van der Waals surface area (Å²) in [6, 6.07) is 0. The highest BCUT2D eigenvalue weighted by atomic mass is 79.9. The molecular formula is C7H12BrNO2. The minimum atomic E-state index is 0.0243. The molecule has 0 spiro atoms. The van der Waals surface area contributed by atoms with Crippen LogP contribution in [0.2, 0.25) is 0 Å². The van der Waals surface area contributed by atoms with Crippen LogP contribution in [-0.4, -0.2) is 19.9 Å². The van der Waals surface area contributed by atoms with E-state index in [-0.39, 0.29) is 5.78 Å². The Balaban J connectivity index is 4.46. The summed E-state index contributed by atoms with van der Waals surface area (Å²) in [5, 5.41) is 2.76. The van der Waals surface area contributed by atoms with Gasteiger partial charge < -0.3 is 10.1 Å². The molecule has 0 aliphatic carbocycles. The first-order valence-electron chi connectivity index (χ1n) is 3.32. The van der Waals surface area contributed by atoms with E-state index in [2.05, 4.69) is 21.2 Å². The molecular weight excluding hydrogens is 210 g/mol. The number of rotatable bonds is 4. The molecule has 0 unspecified atom stereocenters. The van der Waals surface area contributed by atoms with E-state index in [4.69, 9.17) is 4.74 Å². The molecule has 0 radical (unpaired) electrons. The molecule has 0 aromatic carbocycles. The lowest BCUT2D eigenvalue weighted by atomic mass is 10.3. The number of hydrogen-bond acceptors (Lipinski definition) is 3. The number of hydrogen-bond donors (Lipinski definition) is 1. The molecule has 64 valence electrons. The quantitative estimate of drug-likeness (QED) is 0.577. The van der Waals surface area contributed by atoms with Crippen LogP contribution >= 0.6 is 15.9 Å². The summed E-state index contributed by atoms with van der Waals surface area (Å²) >= 11 is 3.13. The van der Waals surface area contributed by atoms with Gasteiger partial charge in [-0.2, -0.15) is 0 Å². The molecule has 0 fully saturated rings. The summed E-state index contributed by atoms with van der Waals surface area (Å²) in [6.07, 6.45) is 0.467. The van der Waals surface area contributed by atoms with Crippen molar-refractivity contribution in [3.63, 3.8) is 0 Å². The highest BCUT2D eigenvalue weighted by Crippen LogP contribution is 2.12. The van der Waals surface area contributed by atoms with Crippen LogP contribution in [0.1, 0.15) is 13.3 Å². The Morgan fingerprint density at radius 3 is 2.45 bits per heavy atom. The molecule has 4 heteroatoms. The Kier molecular flexibility index (Phi) is 4.94. The third-order valence-electron chi connectivity index (χ3n) is 1.20. The van der Waals surface area contributed by atoms with Crippen molar-refractivity contribution in [3.05, 3.63) is 10.4 Å². The smallest absolute Gasteiger partial charge is 0.204 e. The van der Waals surface area contributed by atoms with E-state index >= 15 is 0 Å². The van der Waals surface area contributed by atoms with Crippen LogP contribution in [0, 0.1) is 0 Å². The topological polar surface area (TPSA) is 38.3 Å². The molecule has 11 heavy (non-hydrogen) atoms. The molecule has 0 bridgehead atoms. The fourth-order valence-corrected chi connectivity index (χ4v) is 1.22. The summed E-state index contributed by atoms with van der Waals surface area (Å²) in [5.74, 6) is 0.494. The Morgan fingerprint density at radius 1 is 1.64 bits per heavy atom. The fourth-order valence-electron chi connectivity index (χ4n) is 0.583. The molecule has 0 aliphatic heterocycles. The molecule has 0 aromatic heterocycles. The first kappa shape index (κ1) is 10.5. The summed E-state index contributed by atoms with van der Waals surface area (Å²) in [6.45, 7) is 1.80. The summed E-state index contributed by atoms with van der Waals surface area (Å²) in [7, 11) is 3.21. The van der Waals surface area contributed by atoms with Crippen LogP contribution in [0.15, 0.2) is 10.4 Å². The third kappa shape index (κ3) is 2.93. The third-order valence-corrected chi connectivity index (χ3v) is 2.00. The van der Waals surface area contributed by atoms with Crippen molar-refractivity contribution in [2.75, 3.05) is 14.2 Å². The summed E-state index contributed by atoms with van der Waals surface area (Å²) in [5.41, 5.74) is 0. The predicted octanol–water partition coefficient (Wildman–Crippen LogP) is 1.40. The molecule has 0 rings (SSSR count). The van der Waals surface area contributed by atoms with Gasteiger partial charge in [-0.05, 0) is 15.9 Å². The normalized spacial score (nSPS) is 12.0. The summed E-state index contributed by atoms with van der Waals surface area (Å²) in [4.78, 5) is 11.0. The van der Waals surface area contributed by atoms with Gasteiger partial charge in [0.25, 0.3) is 0 Å². The van der Waals surface area contributed by atoms with Crippen molar-refractivity contribution in [2.45, 2.75) is 13.3 Å². The number of ether oxygens (including phenoxy) is 1. The summed E-state index contributed by atoms with van der Waals surface area (Å²) < 4.78 is 5.35. The van der Waals surface area contributed by atoms with Crippen molar-refractivity contribution in [1.29, 1.82) is 0 Å². The zero-order valence-electron chi connectivity index (χ0n) is 6.90. The Hall–Kier alpha value is -0.510. The number of Topliss-reactive ketones (excluding diaryl/α,β-unsaturated/α-hetero) is 1. The van der Waals surface area contributed by atoms with E-state index in [1.807, 2.05) is 0 Å². The predicted molar refractivity (Wildman–Crippen MR) is 47.3 cm³/mol. The maximum absolute atomic E-state index is 11.0. The van der Waals surface area contributed by atoms with Gasteiger partial charge in [0.2, 0.25) is 5.88 Å². The van der Waals surface area contributed by atoms with Crippen molar-refractivity contribution in [1.82, 2.24) is 5.32 Å². The fraction of sp³-hybridized carbons (Fsp3) is 0.571. The van der Waals surface area contributed by atoms with E-state index in [0.29, 0.717) is 16.8 Å². The zero-order chi connectivity index (χ0) is 8.85. The first-order valence-corrected chi connectivity index (χ1v) is 4.11. The Bertz CT molecular complexity index is 171. The minimum Gasteiger partial charge on any atom is -0.482 e. The second-order valence-electron chi connectivity index (χ2n) is 1.87. The van der Waals surface area contributed by atoms with Gasteiger partial charge in [-0.3, -0.25) is 4.79 Å². The van der Waals surface area contributed by atoms with Gasteiger partial charge in [0.05, 0.1) is 7.11 Å². The lowest BCUT2D eigenvalue weighted by Crippen LogP contribution is -2.12. The van der Waals surface area contributed by atoms with Crippen molar-refractivity contribution in [3.8, 4) is 0 Å². The molecule has 3 nitrogen and oxygen atoms in total. The highest BCUT2D eigenvalue weighted by molar-refractivity contribution is 9.12. The molecule has 0 heterocycles. The SMILES string of the molecule is CCC(=O)/C(Br)=C(\NC)OC. The maximum atomic E-state index is 11.0.